The third kappa shape index (κ3) is 3.73. The maximum Gasteiger partial charge on any atom is 0.291 e. The quantitative estimate of drug-likeness (QED) is 0.290. The Morgan fingerprint density at radius 2 is 1.59 bits per heavy atom. The third-order valence-electron chi connectivity index (χ3n) is 5.77. The number of carbonyl (C=O) groups is 2. The van der Waals surface area contributed by atoms with Gasteiger partial charge in [0.25, 0.3) is 5.91 Å². The fourth-order valence-electron chi connectivity index (χ4n) is 4.05. The predicted octanol–water partition coefficient (Wildman–Crippen LogP) is 6.68. The van der Waals surface area contributed by atoms with Crippen molar-refractivity contribution in [3.8, 4) is 5.75 Å². The van der Waals surface area contributed by atoms with Gasteiger partial charge in [-0.05, 0) is 68.8 Å². The molecular weight excluding hydrogens is 430 g/mol. The Bertz CT molecular complexity index is 1540. The lowest BCUT2D eigenvalue weighted by molar-refractivity contribution is 0.0997. The van der Waals surface area contributed by atoms with Gasteiger partial charge in [-0.3, -0.25) is 9.59 Å². The highest BCUT2D eigenvalue weighted by atomic mass is 16.5. The van der Waals surface area contributed by atoms with Crippen LogP contribution in [0.4, 0.5) is 5.69 Å². The number of hydrogen-bond donors (Lipinski definition) is 1. The van der Waals surface area contributed by atoms with Gasteiger partial charge in [0.15, 0.2) is 11.5 Å². The Morgan fingerprint density at radius 1 is 0.853 bits per heavy atom. The fraction of sp³-hybridized carbons (Fsp3) is 0.143. The van der Waals surface area contributed by atoms with Crippen LogP contribution in [0.2, 0.25) is 0 Å². The lowest BCUT2D eigenvalue weighted by atomic mass is 10.1. The van der Waals surface area contributed by atoms with E-state index in [4.69, 9.17) is 13.6 Å². The van der Waals surface area contributed by atoms with Crippen molar-refractivity contribution in [3.63, 3.8) is 0 Å². The van der Waals surface area contributed by atoms with Crippen molar-refractivity contribution in [2.75, 3.05) is 11.9 Å². The Kier molecular flexibility index (Phi) is 5.42. The summed E-state index contributed by atoms with van der Waals surface area (Å²) in [5.41, 5.74) is 3.66. The molecule has 0 saturated heterocycles. The number of benzene rings is 3. The molecule has 5 aromatic rings. The van der Waals surface area contributed by atoms with Crippen molar-refractivity contribution in [2.24, 2.45) is 0 Å². The second kappa shape index (κ2) is 8.56. The maximum absolute atomic E-state index is 13.4. The van der Waals surface area contributed by atoms with Crippen molar-refractivity contribution < 1.29 is 23.2 Å². The van der Waals surface area contributed by atoms with E-state index in [0.717, 1.165) is 16.5 Å². The van der Waals surface area contributed by atoms with Gasteiger partial charge in [-0.25, -0.2) is 0 Å². The molecule has 0 aliphatic heterocycles. The van der Waals surface area contributed by atoms with E-state index in [1.165, 1.54) is 0 Å². The van der Waals surface area contributed by atoms with Crippen LogP contribution in [0.5, 0.6) is 5.75 Å². The van der Waals surface area contributed by atoms with E-state index in [1.54, 1.807) is 36.4 Å². The van der Waals surface area contributed by atoms with E-state index in [2.05, 4.69) is 5.32 Å². The summed E-state index contributed by atoms with van der Waals surface area (Å²) in [7, 11) is 0. The number of fused-ring (bicyclic) bond motifs is 2. The number of amides is 1. The summed E-state index contributed by atoms with van der Waals surface area (Å²) in [6, 6.07) is 19.8. The zero-order chi connectivity index (χ0) is 23.8. The molecule has 0 fully saturated rings. The summed E-state index contributed by atoms with van der Waals surface area (Å²) in [6.07, 6.45) is 0. The first kappa shape index (κ1) is 21.5. The molecule has 0 atom stereocenters. The van der Waals surface area contributed by atoms with Gasteiger partial charge < -0.3 is 18.9 Å². The lowest BCUT2D eigenvalue weighted by Crippen LogP contribution is -2.14. The Labute approximate surface area is 196 Å². The van der Waals surface area contributed by atoms with E-state index in [-0.39, 0.29) is 17.3 Å². The van der Waals surface area contributed by atoms with Gasteiger partial charge in [0.05, 0.1) is 12.3 Å². The summed E-state index contributed by atoms with van der Waals surface area (Å²) < 4.78 is 17.3. The molecule has 6 nitrogen and oxygen atoms in total. The Hall–Kier alpha value is -4.32. The molecule has 2 heterocycles. The van der Waals surface area contributed by atoms with E-state index in [1.807, 2.05) is 51.1 Å². The fourth-order valence-corrected chi connectivity index (χ4v) is 4.05. The van der Waals surface area contributed by atoms with Crippen molar-refractivity contribution in [3.05, 3.63) is 94.9 Å². The molecule has 0 saturated carbocycles. The lowest BCUT2D eigenvalue weighted by Gasteiger charge is -2.06. The molecule has 0 radical (unpaired) electrons. The molecule has 5 rings (SSSR count). The average molecular weight is 453 g/mol. The van der Waals surface area contributed by atoms with Crippen LogP contribution >= 0.6 is 0 Å². The molecule has 0 aliphatic carbocycles. The first-order chi connectivity index (χ1) is 16.5. The first-order valence-electron chi connectivity index (χ1n) is 11.1. The average Bonchev–Trinajstić information content (AvgIpc) is 3.37. The monoisotopic (exact) mass is 453 g/mol. The van der Waals surface area contributed by atoms with E-state index in [9.17, 15) is 9.59 Å². The largest absolute Gasteiger partial charge is 0.494 e. The normalized spacial score (nSPS) is 11.1. The number of anilines is 1. The van der Waals surface area contributed by atoms with Crippen LogP contribution in [0, 0.1) is 13.8 Å². The molecule has 6 heteroatoms. The van der Waals surface area contributed by atoms with Crippen LogP contribution in [0.25, 0.3) is 21.9 Å². The highest BCUT2D eigenvalue weighted by Gasteiger charge is 2.26. The topological polar surface area (TPSA) is 81.7 Å². The number of rotatable bonds is 6. The van der Waals surface area contributed by atoms with Crippen LogP contribution < -0.4 is 10.1 Å². The number of furan rings is 2. The number of carbonyl (C=O) groups excluding carboxylic acids is 2. The summed E-state index contributed by atoms with van der Waals surface area (Å²) in [5.74, 6) is 0.145. The van der Waals surface area contributed by atoms with Gasteiger partial charge in [-0.15, -0.1) is 0 Å². The molecule has 1 N–H and O–H groups in total. The maximum atomic E-state index is 13.4. The van der Waals surface area contributed by atoms with Crippen LogP contribution in [-0.4, -0.2) is 18.3 Å². The Balaban J connectivity index is 1.54. The number of ether oxygens (including phenoxy) is 1. The second-order valence-electron chi connectivity index (χ2n) is 8.10. The number of para-hydroxylation sites is 1. The summed E-state index contributed by atoms with van der Waals surface area (Å²) in [5, 5.41) is 4.38. The molecule has 0 spiro atoms. The summed E-state index contributed by atoms with van der Waals surface area (Å²) in [6.45, 7) is 6.24. The first-order valence-corrected chi connectivity index (χ1v) is 11.1. The van der Waals surface area contributed by atoms with Gasteiger partial charge in [-0.1, -0.05) is 24.3 Å². The standard InChI is InChI=1S/C28H23NO5/c1-4-32-19-12-10-18(11-13-19)25(30)27-24(21-7-5-6-8-22(21)33-27)29-28(31)26-17(3)20-14-9-16(2)15-23(20)34-26/h5-15H,4H2,1-3H3,(H,29,31). The SMILES string of the molecule is CCOc1ccc(C(=O)c2oc3ccccc3c2NC(=O)c2oc3cc(C)ccc3c2C)cc1. The number of ketones is 1. The van der Waals surface area contributed by atoms with E-state index >= 15 is 0 Å². The van der Waals surface area contributed by atoms with Crippen molar-refractivity contribution >= 4 is 39.3 Å². The van der Waals surface area contributed by atoms with Gasteiger partial charge in [0.2, 0.25) is 5.78 Å². The third-order valence-corrected chi connectivity index (χ3v) is 5.77. The molecular formula is C28H23NO5. The highest BCUT2D eigenvalue weighted by molar-refractivity contribution is 6.19. The van der Waals surface area contributed by atoms with Crippen LogP contribution in [0.15, 0.2) is 75.6 Å². The van der Waals surface area contributed by atoms with Crippen molar-refractivity contribution in [1.82, 2.24) is 0 Å². The van der Waals surface area contributed by atoms with Crippen molar-refractivity contribution in [2.45, 2.75) is 20.8 Å². The summed E-state index contributed by atoms with van der Waals surface area (Å²) in [4.78, 5) is 26.6. The molecule has 170 valence electrons. The van der Waals surface area contributed by atoms with Crippen LogP contribution in [0.3, 0.4) is 0 Å². The zero-order valence-corrected chi connectivity index (χ0v) is 19.1. The molecule has 1 amide bonds. The minimum atomic E-state index is -0.446. The van der Waals surface area contributed by atoms with Gasteiger partial charge >= 0.3 is 0 Å². The molecule has 2 aromatic heterocycles. The minimum absolute atomic E-state index is 0.0586. The predicted molar refractivity (Wildman–Crippen MR) is 131 cm³/mol. The van der Waals surface area contributed by atoms with Crippen LogP contribution in [0.1, 0.15) is 44.7 Å². The van der Waals surface area contributed by atoms with Gasteiger partial charge in [0.1, 0.15) is 16.9 Å². The van der Waals surface area contributed by atoms with Gasteiger partial charge in [0, 0.05) is 21.9 Å². The van der Waals surface area contributed by atoms with Crippen molar-refractivity contribution in [1.29, 1.82) is 0 Å². The number of aryl methyl sites for hydroxylation is 2. The van der Waals surface area contributed by atoms with E-state index in [0.29, 0.717) is 40.2 Å². The molecule has 3 aromatic carbocycles. The second-order valence-corrected chi connectivity index (χ2v) is 8.10. The molecule has 0 bridgehead atoms. The molecule has 0 aliphatic rings. The van der Waals surface area contributed by atoms with Gasteiger partial charge in [-0.2, -0.15) is 0 Å². The molecule has 0 unspecified atom stereocenters. The number of hydrogen-bond acceptors (Lipinski definition) is 5. The van der Waals surface area contributed by atoms with Crippen LogP contribution in [-0.2, 0) is 0 Å². The van der Waals surface area contributed by atoms with E-state index < -0.39 is 5.91 Å². The Morgan fingerprint density at radius 3 is 2.35 bits per heavy atom. The zero-order valence-electron chi connectivity index (χ0n) is 19.1. The molecule has 34 heavy (non-hydrogen) atoms. The smallest absolute Gasteiger partial charge is 0.291 e. The summed E-state index contributed by atoms with van der Waals surface area (Å²) >= 11 is 0. The highest BCUT2D eigenvalue weighted by Crippen LogP contribution is 2.34. The number of nitrogens with one attached hydrogen (secondary N) is 1. The minimum Gasteiger partial charge on any atom is -0.494 e.